The molecule has 1 aromatic carbocycles. The number of carbonyl (C=O) groups excluding carboxylic acids is 1. The highest BCUT2D eigenvalue weighted by Crippen LogP contribution is 2.24. The smallest absolute Gasteiger partial charge is 0.225 e. The lowest BCUT2D eigenvalue weighted by molar-refractivity contribution is -0.117. The van der Waals surface area contributed by atoms with Crippen LogP contribution in [-0.4, -0.2) is 12.5 Å². The third-order valence-electron chi connectivity index (χ3n) is 2.84. The third kappa shape index (κ3) is 4.63. The van der Waals surface area contributed by atoms with Crippen LogP contribution in [0.25, 0.3) is 0 Å². The molecule has 102 valence electrons. The van der Waals surface area contributed by atoms with Crippen molar-refractivity contribution in [2.24, 2.45) is 11.8 Å². The predicted molar refractivity (Wildman–Crippen MR) is 74.8 cm³/mol. The zero-order chi connectivity index (χ0) is 14.3. The fraction of sp³-hybridized carbons (Fsp3) is 0.467. The second kappa shape index (κ2) is 7.42. The Morgan fingerprint density at radius 1 is 1.42 bits per heavy atom. The Labute approximate surface area is 114 Å². The van der Waals surface area contributed by atoms with Crippen molar-refractivity contribution in [1.82, 2.24) is 0 Å². The van der Waals surface area contributed by atoms with E-state index in [0.29, 0.717) is 18.0 Å². The lowest BCUT2D eigenvalue weighted by Gasteiger charge is -2.14. The molecule has 0 bridgehead atoms. The van der Waals surface area contributed by atoms with Crippen LogP contribution in [-0.2, 0) is 4.79 Å². The number of nitrogens with zero attached hydrogens (tertiary/aromatic N) is 1. The molecule has 0 heterocycles. The maximum atomic E-state index is 11.9. The standard InChI is InChI=1S/C15H20N2O2/c1-4-19-14-8-6-5-7-13(14)17-15(18)9-12(10-16)11(2)3/h5-8,11-12H,4,9H2,1-3H3,(H,17,18). The molecule has 0 saturated carbocycles. The number of carbonyl (C=O) groups is 1. The van der Waals surface area contributed by atoms with Gasteiger partial charge in [0.2, 0.25) is 5.91 Å². The molecule has 1 atom stereocenters. The minimum atomic E-state index is -0.265. The number of nitriles is 1. The van der Waals surface area contributed by atoms with Gasteiger partial charge < -0.3 is 10.1 Å². The molecule has 4 heteroatoms. The number of amides is 1. The van der Waals surface area contributed by atoms with Crippen LogP contribution in [0.5, 0.6) is 5.75 Å². The Bertz CT molecular complexity index is 463. The molecule has 0 radical (unpaired) electrons. The van der Waals surface area contributed by atoms with Gasteiger partial charge in [0.25, 0.3) is 0 Å². The number of ether oxygens (including phenoxy) is 1. The number of hydrogen-bond donors (Lipinski definition) is 1. The Hall–Kier alpha value is -2.02. The number of anilines is 1. The van der Waals surface area contributed by atoms with Gasteiger partial charge in [-0.2, -0.15) is 5.26 Å². The fourth-order valence-corrected chi connectivity index (χ4v) is 1.68. The van der Waals surface area contributed by atoms with Crippen LogP contribution in [0.4, 0.5) is 5.69 Å². The molecule has 1 unspecified atom stereocenters. The first-order valence-corrected chi connectivity index (χ1v) is 6.49. The SMILES string of the molecule is CCOc1ccccc1NC(=O)CC(C#N)C(C)C. The second-order valence-corrected chi connectivity index (χ2v) is 4.66. The fourth-order valence-electron chi connectivity index (χ4n) is 1.68. The Kier molecular flexibility index (Phi) is 5.87. The first-order chi connectivity index (χ1) is 9.08. The van der Waals surface area contributed by atoms with Gasteiger partial charge in [-0.05, 0) is 25.0 Å². The van der Waals surface area contributed by atoms with Crippen molar-refractivity contribution in [3.63, 3.8) is 0 Å². The monoisotopic (exact) mass is 260 g/mol. The number of hydrogen-bond acceptors (Lipinski definition) is 3. The van der Waals surface area contributed by atoms with E-state index in [9.17, 15) is 4.79 Å². The molecule has 4 nitrogen and oxygen atoms in total. The summed E-state index contributed by atoms with van der Waals surface area (Å²) in [7, 11) is 0. The second-order valence-electron chi connectivity index (χ2n) is 4.66. The molecule has 0 spiro atoms. The van der Waals surface area contributed by atoms with E-state index in [4.69, 9.17) is 10.00 Å². The number of benzene rings is 1. The molecule has 1 rings (SSSR count). The molecule has 0 fully saturated rings. The first kappa shape index (κ1) is 15.0. The molecule has 1 N–H and O–H groups in total. The van der Waals surface area contributed by atoms with E-state index in [1.54, 1.807) is 6.07 Å². The Morgan fingerprint density at radius 3 is 2.68 bits per heavy atom. The molecule has 1 amide bonds. The maximum Gasteiger partial charge on any atom is 0.225 e. The van der Waals surface area contributed by atoms with Crippen LogP contribution in [0.2, 0.25) is 0 Å². The zero-order valence-electron chi connectivity index (χ0n) is 11.6. The van der Waals surface area contributed by atoms with Crippen LogP contribution < -0.4 is 10.1 Å². The van der Waals surface area contributed by atoms with Crippen LogP contribution in [0.15, 0.2) is 24.3 Å². The van der Waals surface area contributed by atoms with Gasteiger partial charge in [0.15, 0.2) is 0 Å². The summed E-state index contributed by atoms with van der Waals surface area (Å²) in [5.41, 5.74) is 0.648. The van der Waals surface area contributed by atoms with E-state index in [0.717, 1.165) is 0 Å². The molecule has 0 aliphatic heterocycles. The van der Waals surface area contributed by atoms with Gasteiger partial charge >= 0.3 is 0 Å². The van der Waals surface area contributed by atoms with Crippen LogP contribution >= 0.6 is 0 Å². The number of para-hydroxylation sites is 2. The molecule has 0 aliphatic rings. The molecule has 19 heavy (non-hydrogen) atoms. The van der Waals surface area contributed by atoms with Crippen LogP contribution in [0, 0.1) is 23.2 Å². The van der Waals surface area contributed by atoms with Crippen LogP contribution in [0.3, 0.4) is 0 Å². The average Bonchev–Trinajstić information content (AvgIpc) is 2.38. The Balaban J connectivity index is 2.69. The van der Waals surface area contributed by atoms with E-state index in [1.165, 1.54) is 0 Å². The van der Waals surface area contributed by atoms with Crippen molar-refractivity contribution >= 4 is 11.6 Å². The van der Waals surface area contributed by atoms with E-state index in [-0.39, 0.29) is 24.2 Å². The third-order valence-corrected chi connectivity index (χ3v) is 2.84. The van der Waals surface area contributed by atoms with E-state index < -0.39 is 0 Å². The lowest BCUT2D eigenvalue weighted by Crippen LogP contribution is -2.19. The highest BCUT2D eigenvalue weighted by Gasteiger charge is 2.17. The Morgan fingerprint density at radius 2 is 2.11 bits per heavy atom. The van der Waals surface area contributed by atoms with Crippen molar-refractivity contribution in [3.05, 3.63) is 24.3 Å². The summed E-state index contributed by atoms with van der Waals surface area (Å²) in [6.45, 7) is 6.31. The van der Waals surface area contributed by atoms with Crippen LogP contribution in [0.1, 0.15) is 27.2 Å². The van der Waals surface area contributed by atoms with Crippen molar-refractivity contribution in [2.45, 2.75) is 27.2 Å². The van der Waals surface area contributed by atoms with Gasteiger partial charge in [0, 0.05) is 6.42 Å². The van der Waals surface area contributed by atoms with Crippen molar-refractivity contribution in [1.29, 1.82) is 5.26 Å². The minimum Gasteiger partial charge on any atom is -0.492 e. The van der Waals surface area contributed by atoms with Crippen molar-refractivity contribution < 1.29 is 9.53 Å². The average molecular weight is 260 g/mol. The first-order valence-electron chi connectivity index (χ1n) is 6.49. The predicted octanol–water partition coefficient (Wildman–Crippen LogP) is 3.21. The van der Waals surface area contributed by atoms with E-state index in [1.807, 2.05) is 39.0 Å². The molecule has 1 aromatic rings. The van der Waals surface area contributed by atoms with Gasteiger partial charge in [-0.25, -0.2) is 0 Å². The summed E-state index contributed by atoms with van der Waals surface area (Å²) in [6, 6.07) is 9.46. The summed E-state index contributed by atoms with van der Waals surface area (Å²) in [6.07, 6.45) is 0.203. The van der Waals surface area contributed by atoms with Gasteiger partial charge in [-0.1, -0.05) is 26.0 Å². The van der Waals surface area contributed by atoms with Gasteiger partial charge in [0.1, 0.15) is 5.75 Å². The highest BCUT2D eigenvalue weighted by molar-refractivity contribution is 5.92. The molecular formula is C15H20N2O2. The quantitative estimate of drug-likeness (QED) is 0.854. The number of nitrogens with one attached hydrogen (secondary N) is 1. The summed E-state index contributed by atoms with van der Waals surface area (Å²) >= 11 is 0. The normalized spacial score (nSPS) is 11.7. The largest absolute Gasteiger partial charge is 0.492 e. The summed E-state index contributed by atoms with van der Waals surface area (Å²) in [4.78, 5) is 11.9. The van der Waals surface area contributed by atoms with Crippen molar-refractivity contribution in [2.75, 3.05) is 11.9 Å². The molecular weight excluding hydrogens is 240 g/mol. The molecule has 0 aliphatic carbocycles. The lowest BCUT2D eigenvalue weighted by atomic mass is 9.94. The van der Waals surface area contributed by atoms with Gasteiger partial charge in [0.05, 0.1) is 24.3 Å². The highest BCUT2D eigenvalue weighted by atomic mass is 16.5. The number of rotatable bonds is 6. The summed E-state index contributed by atoms with van der Waals surface area (Å²) in [5, 5.41) is 11.8. The molecule has 0 aromatic heterocycles. The van der Waals surface area contributed by atoms with E-state index in [2.05, 4.69) is 11.4 Å². The van der Waals surface area contributed by atoms with E-state index >= 15 is 0 Å². The van der Waals surface area contributed by atoms with Gasteiger partial charge in [-0.15, -0.1) is 0 Å². The summed E-state index contributed by atoms with van der Waals surface area (Å²) < 4.78 is 5.44. The van der Waals surface area contributed by atoms with Gasteiger partial charge in [-0.3, -0.25) is 4.79 Å². The topological polar surface area (TPSA) is 62.1 Å². The zero-order valence-corrected chi connectivity index (χ0v) is 11.6. The summed E-state index contributed by atoms with van der Waals surface area (Å²) in [5.74, 6) is 0.390. The molecule has 0 saturated heterocycles. The minimum absolute atomic E-state index is 0.160. The van der Waals surface area contributed by atoms with Crippen molar-refractivity contribution in [3.8, 4) is 11.8 Å². The maximum absolute atomic E-state index is 11.9.